The molecule has 2 heterocycles. The molecule has 3 aromatic rings. The zero-order valence-electron chi connectivity index (χ0n) is 17.2. The summed E-state index contributed by atoms with van der Waals surface area (Å²) in [7, 11) is 0. The van der Waals surface area contributed by atoms with E-state index in [4.69, 9.17) is 16.3 Å². The minimum Gasteiger partial charge on any atom is -0.444 e. The summed E-state index contributed by atoms with van der Waals surface area (Å²) < 4.78 is 5.38. The summed E-state index contributed by atoms with van der Waals surface area (Å²) in [5, 5.41) is 14.0. The van der Waals surface area contributed by atoms with Crippen LogP contribution >= 0.6 is 11.6 Å². The van der Waals surface area contributed by atoms with Crippen molar-refractivity contribution in [2.75, 3.05) is 5.32 Å². The van der Waals surface area contributed by atoms with Crippen LogP contribution in [0, 0.1) is 0 Å². The Balaban J connectivity index is 1.84. The monoisotopic (exact) mass is 429 g/mol. The van der Waals surface area contributed by atoms with Crippen LogP contribution in [-0.4, -0.2) is 42.9 Å². The molecule has 3 N–H and O–H groups in total. The Labute approximate surface area is 179 Å². The number of hydrogen-bond donors (Lipinski definition) is 3. The molecule has 0 fully saturated rings. The first kappa shape index (κ1) is 21.5. The number of carbonyl (C=O) groups is 1. The second kappa shape index (κ2) is 9.08. The summed E-state index contributed by atoms with van der Waals surface area (Å²) in [5.41, 5.74) is 0.794. The zero-order chi connectivity index (χ0) is 21.7. The average molecular weight is 430 g/mol. The number of hydrogen-bond acceptors (Lipinski definition) is 7. The lowest BCUT2D eigenvalue weighted by atomic mass is 10.1. The van der Waals surface area contributed by atoms with Gasteiger partial charge in [-0.15, -0.1) is 0 Å². The summed E-state index contributed by atoms with van der Waals surface area (Å²) >= 11 is 5.99. The van der Waals surface area contributed by atoms with Crippen LogP contribution in [0.4, 0.5) is 10.5 Å². The molecular weight excluding hydrogens is 406 g/mol. The highest BCUT2D eigenvalue weighted by Gasteiger charge is 2.27. The Morgan fingerprint density at radius 1 is 1.20 bits per heavy atom. The Morgan fingerprint density at radius 3 is 2.57 bits per heavy atom. The van der Waals surface area contributed by atoms with Crippen molar-refractivity contribution in [3.05, 3.63) is 53.7 Å². The predicted octanol–water partition coefficient (Wildman–Crippen LogP) is 3.98. The SMILES string of the molecule is CC(NC(=O)OC(C)(C)C)C(Nc1ccc(Cl)cc1)c1nc(-c2ccncn2)n[nH]1. The first-order valence-corrected chi connectivity index (χ1v) is 9.79. The molecule has 0 saturated carbocycles. The number of anilines is 1. The van der Waals surface area contributed by atoms with Gasteiger partial charge >= 0.3 is 6.09 Å². The molecule has 2 unspecified atom stereocenters. The summed E-state index contributed by atoms with van der Waals surface area (Å²) in [4.78, 5) is 24.9. The van der Waals surface area contributed by atoms with Gasteiger partial charge in [0.05, 0.1) is 6.04 Å². The molecule has 0 aliphatic rings. The van der Waals surface area contributed by atoms with Crippen molar-refractivity contribution in [1.29, 1.82) is 0 Å². The summed E-state index contributed by atoms with van der Waals surface area (Å²) in [5.74, 6) is 0.960. The fourth-order valence-corrected chi connectivity index (χ4v) is 2.81. The Hall–Kier alpha value is -3.20. The molecule has 0 spiro atoms. The largest absolute Gasteiger partial charge is 0.444 e. The standard InChI is InChI=1S/C20H24ClN7O2/c1-12(24-19(29)30-20(2,3)4)16(25-14-7-5-13(21)6-8-14)18-26-17(27-28-18)15-9-10-22-11-23-15/h5-12,16,25H,1-4H3,(H,24,29)(H,26,27,28). The summed E-state index contributed by atoms with van der Waals surface area (Å²) in [6.45, 7) is 7.28. The lowest BCUT2D eigenvalue weighted by Crippen LogP contribution is -2.43. The van der Waals surface area contributed by atoms with E-state index in [1.807, 2.05) is 39.8 Å². The van der Waals surface area contributed by atoms with Gasteiger partial charge < -0.3 is 15.4 Å². The van der Waals surface area contributed by atoms with E-state index in [0.29, 0.717) is 22.4 Å². The van der Waals surface area contributed by atoms with Crippen LogP contribution in [0.5, 0.6) is 0 Å². The molecule has 2 atom stereocenters. The number of nitrogens with zero attached hydrogens (tertiary/aromatic N) is 4. The second-order valence-electron chi connectivity index (χ2n) is 7.70. The van der Waals surface area contributed by atoms with Crippen molar-refractivity contribution in [2.24, 2.45) is 0 Å². The molecule has 0 bridgehead atoms. The maximum Gasteiger partial charge on any atom is 0.407 e. The molecule has 0 aliphatic heterocycles. The van der Waals surface area contributed by atoms with Crippen molar-refractivity contribution in [3.8, 4) is 11.5 Å². The van der Waals surface area contributed by atoms with Crippen LogP contribution in [-0.2, 0) is 4.74 Å². The molecule has 0 aliphatic carbocycles. The molecule has 0 radical (unpaired) electrons. The molecule has 158 valence electrons. The first-order chi connectivity index (χ1) is 14.2. The van der Waals surface area contributed by atoms with E-state index >= 15 is 0 Å². The number of nitrogens with one attached hydrogen (secondary N) is 3. The number of halogens is 1. The van der Waals surface area contributed by atoms with E-state index in [2.05, 4.69) is 35.8 Å². The number of H-pyrrole nitrogens is 1. The van der Waals surface area contributed by atoms with Gasteiger partial charge in [-0.3, -0.25) is 5.10 Å². The number of alkyl carbamates (subject to hydrolysis) is 1. The highest BCUT2D eigenvalue weighted by Crippen LogP contribution is 2.23. The van der Waals surface area contributed by atoms with Gasteiger partial charge in [-0.05, 0) is 58.0 Å². The van der Waals surface area contributed by atoms with E-state index in [-0.39, 0.29) is 6.04 Å². The lowest BCUT2D eigenvalue weighted by Gasteiger charge is -2.27. The van der Waals surface area contributed by atoms with Crippen LogP contribution in [0.15, 0.2) is 42.9 Å². The smallest absolute Gasteiger partial charge is 0.407 e. The molecule has 30 heavy (non-hydrogen) atoms. The number of carbonyl (C=O) groups excluding carboxylic acids is 1. The van der Waals surface area contributed by atoms with E-state index in [1.54, 1.807) is 24.4 Å². The highest BCUT2D eigenvalue weighted by atomic mass is 35.5. The maximum absolute atomic E-state index is 12.3. The minimum atomic E-state index is -0.602. The third-order valence-corrected chi connectivity index (χ3v) is 4.27. The average Bonchev–Trinajstić information content (AvgIpc) is 3.16. The number of rotatable bonds is 6. The van der Waals surface area contributed by atoms with Gasteiger partial charge in [-0.25, -0.2) is 19.7 Å². The van der Waals surface area contributed by atoms with Crippen molar-refractivity contribution in [2.45, 2.75) is 45.4 Å². The zero-order valence-corrected chi connectivity index (χ0v) is 17.9. The van der Waals surface area contributed by atoms with Crippen molar-refractivity contribution in [3.63, 3.8) is 0 Å². The first-order valence-electron chi connectivity index (χ1n) is 9.41. The van der Waals surface area contributed by atoms with Gasteiger partial charge in [-0.2, -0.15) is 5.10 Å². The third-order valence-electron chi connectivity index (χ3n) is 4.02. The van der Waals surface area contributed by atoms with Crippen LogP contribution in [0.1, 0.15) is 39.6 Å². The van der Waals surface area contributed by atoms with Gasteiger partial charge in [0.1, 0.15) is 29.5 Å². The number of aromatic amines is 1. The van der Waals surface area contributed by atoms with Crippen molar-refractivity contribution >= 4 is 23.4 Å². The Kier molecular flexibility index (Phi) is 6.51. The predicted molar refractivity (Wildman–Crippen MR) is 114 cm³/mol. The topological polar surface area (TPSA) is 118 Å². The van der Waals surface area contributed by atoms with Crippen molar-refractivity contribution < 1.29 is 9.53 Å². The molecule has 10 heteroatoms. The summed E-state index contributed by atoms with van der Waals surface area (Å²) in [6.07, 6.45) is 2.53. The molecule has 2 aromatic heterocycles. The van der Waals surface area contributed by atoms with Crippen LogP contribution in [0.25, 0.3) is 11.5 Å². The fraction of sp³-hybridized carbons (Fsp3) is 0.350. The van der Waals surface area contributed by atoms with Gasteiger partial charge in [0.15, 0.2) is 5.82 Å². The van der Waals surface area contributed by atoms with E-state index < -0.39 is 17.7 Å². The normalized spacial score (nSPS) is 13.4. The van der Waals surface area contributed by atoms with Crippen LogP contribution in [0.2, 0.25) is 5.02 Å². The number of amides is 1. The van der Waals surface area contributed by atoms with E-state index in [9.17, 15) is 4.79 Å². The van der Waals surface area contributed by atoms with Gasteiger partial charge in [0.2, 0.25) is 0 Å². The number of ether oxygens (including phenoxy) is 1. The minimum absolute atomic E-state index is 0.387. The van der Waals surface area contributed by atoms with E-state index in [0.717, 1.165) is 5.69 Å². The third kappa shape index (κ3) is 5.90. The Morgan fingerprint density at radius 2 is 1.93 bits per heavy atom. The van der Waals surface area contributed by atoms with Gasteiger partial charge in [-0.1, -0.05) is 11.6 Å². The van der Waals surface area contributed by atoms with E-state index in [1.165, 1.54) is 6.33 Å². The molecular formula is C20H24ClN7O2. The van der Waals surface area contributed by atoms with Gasteiger partial charge in [0.25, 0.3) is 0 Å². The molecule has 1 aromatic carbocycles. The lowest BCUT2D eigenvalue weighted by molar-refractivity contribution is 0.0503. The summed E-state index contributed by atoms with van der Waals surface area (Å²) in [6, 6.07) is 8.15. The molecule has 1 amide bonds. The fourth-order valence-electron chi connectivity index (χ4n) is 2.68. The second-order valence-corrected chi connectivity index (χ2v) is 8.14. The molecule has 0 saturated heterocycles. The van der Waals surface area contributed by atoms with Crippen LogP contribution in [0.3, 0.4) is 0 Å². The van der Waals surface area contributed by atoms with Crippen molar-refractivity contribution in [1.82, 2.24) is 30.5 Å². The Bertz CT molecular complexity index is 971. The maximum atomic E-state index is 12.3. The number of aromatic nitrogens is 5. The highest BCUT2D eigenvalue weighted by molar-refractivity contribution is 6.30. The van der Waals surface area contributed by atoms with Gasteiger partial charge in [0, 0.05) is 16.9 Å². The molecule has 9 nitrogen and oxygen atoms in total. The van der Waals surface area contributed by atoms with Crippen LogP contribution < -0.4 is 10.6 Å². The number of benzene rings is 1. The molecule has 3 rings (SSSR count). The quantitative estimate of drug-likeness (QED) is 0.542.